The van der Waals surface area contributed by atoms with E-state index >= 15 is 0 Å². The minimum absolute atomic E-state index is 0.0851. The van der Waals surface area contributed by atoms with Crippen molar-refractivity contribution in [2.24, 2.45) is 0 Å². The van der Waals surface area contributed by atoms with Gasteiger partial charge >= 0.3 is 0 Å². The zero-order valence-corrected chi connectivity index (χ0v) is 15.8. The van der Waals surface area contributed by atoms with E-state index in [-0.39, 0.29) is 5.91 Å². The van der Waals surface area contributed by atoms with E-state index in [4.69, 9.17) is 4.74 Å². The van der Waals surface area contributed by atoms with Crippen LogP contribution in [-0.2, 0) is 6.54 Å². The smallest absolute Gasteiger partial charge is 0.253 e. The van der Waals surface area contributed by atoms with Gasteiger partial charge in [0.25, 0.3) is 5.91 Å². The zero-order valence-electron chi connectivity index (χ0n) is 15.8. The molecule has 1 amide bonds. The Morgan fingerprint density at radius 2 is 1.96 bits per heavy atom. The van der Waals surface area contributed by atoms with Gasteiger partial charge in [0.1, 0.15) is 12.4 Å². The van der Waals surface area contributed by atoms with Crippen molar-refractivity contribution >= 4 is 5.91 Å². The van der Waals surface area contributed by atoms with Gasteiger partial charge in [0.15, 0.2) is 0 Å². The first kappa shape index (κ1) is 18.3. The Labute approximate surface area is 164 Å². The average Bonchev–Trinajstić information content (AvgIpc) is 3.28. The Morgan fingerprint density at radius 3 is 2.79 bits per heavy atom. The molecule has 0 unspecified atom stereocenters. The molecular weight excluding hydrogens is 352 g/mol. The molecule has 0 radical (unpaired) electrons. The van der Waals surface area contributed by atoms with Gasteiger partial charge in [-0.3, -0.25) is 4.79 Å². The van der Waals surface area contributed by atoms with Gasteiger partial charge in [-0.05, 0) is 23.8 Å². The van der Waals surface area contributed by atoms with Crippen molar-refractivity contribution in [3.8, 4) is 16.9 Å². The Kier molecular flexibility index (Phi) is 5.68. The first-order valence-corrected chi connectivity index (χ1v) is 9.59. The van der Waals surface area contributed by atoms with E-state index in [1.165, 1.54) is 0 Å². The van der Waals surface area contributed by atoms with E-state index in [1.807, 2.05) is 64.2 Å². The van der Waals surface area contributed by atoms with E-state index in [0.717, 1.165) is 49.6 Å². The number of hydrogen-bond donors (Lipinski definition) is 1. The standard InChI is InChI=1S/C22H24N4O2/c27-22(26-12-9-23-10-13-26)19-5-3-4-18(16-19)20-6-1-2-7-21(20)28-15-14-25-11-8-24-17-25/h1-8,11,16-17,23H,9-10,12-15H2. The summed E-state index contributed by atoms with van der Waals surface area (Å²) in [6, 6.07) is 15.8. The minimum atomic E-state index is 0.0851. The highest BCUT2D eigenvalue weighted by Gasteiger charge is 2.18. The van der Waals surface area contributed by atoms with Crippen LogP contribution in [0.25, 0.3) is 11.1 Å². The predicted octanol–water partition coefficient (Wildman–Crippen LogP) is 2.67. The van der Waals surface area contributed by atoms with Gasteiger partial charge in [0, 0.05) is 49.7 Å². The topological polar surface area (TPSA) is 59.4 Å². The normalized spacial score (nSPS) is 14.1. The van der Waals surface area contributed by atoms with E-state index < -0.39 is 0 Å². The SMILES string of the molecule is O=C(c1cccc(-c2ccccc2OCCn2ccnc2)c1)N1CCNCC1. The summed E-state index contributed by atoms with van der Waals surface area (Å²) in [5.41, 5.74) is 2.69. The third-order valence-electron chi connectivity index (χ3n) is 4.88. The van der Waals surface area contributed by atoms with Crippen LogP contribution in [0.2, 0.25) is 0 Å². The molecule has 1 saturated heterocycles. The minimum Gasteiger partial charge on any atom is -0.491 e. The van der Waals surface area contributed by atoms with Gasteiger partial charge in [0.2, 0.25) is 0 Å². The fraction of sp³-hybridized carbons (Fsp3) is 0.273. The summed E-state index contributed by atoms with van der Waals surface area (Å²) in [6.45, 7) is 4.47. The third-order valence-corrected chi connectivity index (χ3v) is 4.88. The second kappa shape index (κ2) is 8.71. The Hall–Kier alpha value is -3.12. The van der Waals surface area contributed by atoms with E-state index in [9.17, 15) is 4.79 Å². The quantitative estimate of drug-likeness (QED) is 0.719. The van der Waals surface area contributed by atoms with Crippen molar-refractivity contribution in [2.45, 2.75) is 6.54 Å². The highest BCUT2D eigenvalue weighted by atomic mass is 16.5. The number of nitrogens with zero attached hydrogens (tertiary/aromatic N) is 3. The molecule has 1 fully saturated rings. The second-order valence-electron chi connectivity index (χ2n) is 6.77. The maximum atomic E-state index is 12.8. The van der Waals surface area contributed by atoms with Crippen molar-refractivity contribution in [3.05, 3.63) is 72.8 Å². The summed E-state index contributed by atoms with van der Waals surface area (Å²) >= 11 is 0. The summed E-state index contributed by atoms with van der Waals surface area (Å²) in [6.07, 6.45) is 5.45. The van der Waals surface area contributed by atoms with Crippen LogP contribution in [0.1, 0.15) is 10.4 Å². The number of carbonyl (C=O) groups is 1. The fourth-order valence-corrected chi connectivity index (χ4v) is 3.38. The maximum absolute atomic E-state index is 12.8. The lowest BCUT2D eigenvalue weighted by Crippen LogP contribution is -2.46. The number of nitrogens with one attached hydrogen (secondary N) is 1. The summed E-state index contributed by atoms with van der Waals surface area (Å²) in [7, 11) is 0. The Balaban J connectivity index is 1.51. The van der Waals surface area contributed by atoms with Crippen LogP contribution in [0.4, 0.5) is 0 Å². The van der Waals surface area contributed by atoms with Gasteiger partial charge in [0.05, 0.1) is 12.9 Å². The lowest BCUT2D eigenvalue weighted by Gasteiger charge is -2.27. The summed E-state index contributed by atoms with van der Waals surface area (Å²) in [5, 5.41) is 3.28. The molecule has 1 N–H and O–H groups in total. The number of amides is 1. The molecule has 0 spiro atoms. The van der Waals surface area contributed by atoms with Crippen molar-refractivity contribution in [2.75, 3.05) is 32.8 Å². The molecule has 1 aromatic heterocycles. The van der Waals surface area contributed by atoms with Crippen molar-refractivity contribution in [1.29, 1.82) is 0 Å². The molecule has 1 aliphatic rings. The van der Waals surface area contributed by atoms with Crippen LogP contribution in [0.15, 0.2) is 67.3 Å². The largest absolute Gasteiger partial charge is 0.491 e. The number of rotatable bonds is 6. The van der Waals surface area contributed by atoms with Crippen LogP contribution in [-0.4, -0.2) is 53.1 Å². The molecule has 144 valence electrons. The molecule has 6 heteroatoms. The molecule has 6 nitrogen and oxygen atoms in total. The molecule has 1 aliphatic heterocycles. The van der Waals surface area contributed by atoms with E-state index in [0.29, 0.717) is 12.2 Å². The molecule has 0 bridgehead atoms. The van der Waals surface area contributed by atoms with Gasteiger partial charge in [-0.25, -0.2) is 4.98 Å². The number of benzene rings is 2. The fourth-order valence-electron chi connectivity index (χ4n) is 3.38. The average molecular weight is 376 g/mol. The molecular formula is C22H24N4O2. The van der Waals surface area contributed by atoms with E-state index in [2.05, 4.69) is 10.3 Å². The van der Waals surface area contributed by atoms with E-state index in [1.54, 1.807) is 12.5 Å². The second-order valence-corrected chi connectivity index (χ2v) is 6.77. The van der Waals surface area contributed by atoms with Crippen LogP contribution < -0.4 is 10.1 Å². The van der Waals surface area contributed by atoms with Crippen LogP contribution in [0, 0.1) is 0 Å². The van der Waals surface area contributed by atoms with Crippen molar-refractivity contribution in [1.82, 2.24) is 19.8 Å². The lowest BCUT2D eigenvalue weighted by molar-refractivity contribution is 0.0736. The van der Waals surface area contributed by atoms with Gasteiger partial charge in [-0.15, -0.1) is 0 Å². The molecule has 2 heterocycles. The van der Waals surface area contributed by atoms with Crippen LogP contribution in [0.5, 0.6) is 5.75 Å². The van der Waals surface area contributed by atoms with Crippen LogP contribution >= 0.6 is 0 Å². The number of hydrogen-bond acceptors (Lipinski definition) is 4. The number of piperazine rings is 1. The highest BCUT2D eigenvalue weighted by molar-refractivity contribution is 5.95. The number of aromatic nitrogens is 2. The maximum Gasteiger partial charge on any atom is 0.253 e. The Morgan fingerprint density at radius 1 is 1.11 bits per heavy atom. The number of imidazole rings is 1. The molecule has 0 atom stereocenters. The molecule has 2 aromatic carbocycles. The highest BCUT2D eigenvalue weighted by Crippen LogP contribution is 2.30. The van der Waals surface area contributed by atoms with Gasteiger partial charge < -0.3 is 19.5 Å². The third kappa shape index (κ3) is 4.23. The van der Waals surface area contributed by atoms with Crippen LogP contribution in [0.3, 0.4) is 0 Å². The molecule has 3 aromatic rings. The molecule has 0 aliphatic carbocycles. The molecule has 28 heavy (non-hydrogen) atoms. The zero-order chi connectivity index (χ0) is 19.2. The van der Waals surface area contributed by atoms with Crippen molar-refractivity contribution in [3.63, 3.8) is 0 Å². The first-order valence-electron chi connectivity index (χ1n) is 9.59. The Bertz CT molecular complexity index is 918. The first-order chi connectivity index (χ1) is 13.8. The summed E-state index contributed by atoms with van der Waals surface area (Å²) < 4.78 is 8.01. The summed E-state index contributed by atoms with van der Waals surface area (Å²) in [5.74, 6) is 0.899. The molecule has 0 saturated carbocycles. The molecule has 4 rings (SSSR count). The number of carbonyl (C=O) groups excluding carboxylic acids is 1. The monoisotopic (exact) mass is 376 g/mol. The number of para-hydroxylation sites is 1. The van der Waals surface area contributed by atoms with Crippen molar-refractivity contribution < 1.29 is 9.53 Å². The summed E-state index contributed by atoms with van der Waals surface area (Å²) in [4.78, 5) is 18.8. The predicted molar refractivity (Wildman–Crippen MR) is 108 cm³/mol. The van der Waals surface area contributed by atoms with Gasteiger partial charge in [-0.1, -0.05) is 30.3 Å². The number of ether oxygens (including phenoxy) is 1. The van der Waals surface area contributed by atoms with Gasteiger partial charge in [-0.2, -0.15) is 0 Å². The lowest BCUT2D eigenvalue weighted by atomic mass is 10.0.